The molecule has 174 valence electrons. The Morgan fingerprint density at radius 3 is 2.65 bits per heavy atom. The van der Waals surface area contributed by atoms with Gasteiger partial charge in [0.2, 0.25) is 0 Å². The second kappa shape index (κ2) is 8.69. The van der Waals surface area contributed by atoms with E-state index in [1.807, 2.05) is 6.08 Å². The minimum atomic E-state index is -0.283. The summed E-state index contributed by atoms with van der Waals surface area (Å²) in [4.78, 5) is 12.1. The minimum Gasteiger partial charge on any atom is -0.457 e. The molecule has 9 atom stereocenters. The van der Waals surface area contributed by atoms with E-state index in [1.54, 1.807) is 0 Å². The van der Waals surface area contributed by atoms with Gasteiger partial charge in [-0.1, -0.05) is 65.2 Å². The molecule has 2 saturated carbocycles. The summed E-state index contributed by atoms with van der Waals surface area (Å²) in [6.45, 7) is 14.2. The van der Waals surface area contributed by atoms with Crippen molar-refractivity contribution in [1.82, 2.24) is 0 Å². The molecule has 6 unspecified atom stereocenters. The molecule has 0 aromatic carbocycles. The third-order valence-corrected chi connectivity index (χ3v) is 10.1. The van der Waals surface area contributed by atoms with Crippen molar-refractivity contribution in [2.24, 2.45) is 46.8 Å². The van der Waals surface area contributed by atoms with Crippen LogP contribution >= 0.6 is 0 Å². The van der Waals surface area contributed by atoms with Gasteiger partial charge in [0.05, 0.1) is 12.5 Å². The number of esters is 1. The van der Waals surface area contributed by atoms with Gasteiger partial charge in [0, 0.05) is 5.92 Å². The molecule has 0 radical (unpaired) electrons. The van der Waals surface area contributed by atoms with E-state index in [1.165, 1.54) is 31.3 Å². The van der Waals surface area contributed by atoms with Gasteiger partial charge in [-0.15, -0.1) is 0 Å². The largest absolute Gasteiger partial charge is 0.457 e. The van der Waals surface area contributed by atoms with E-state index in [-0.39, 0.29) is 29.5 Å². The molecule has 2 fully saturated rings. The quantitative estimate of drug-likeness (QED) is 0.521. The van der Waals surface area contributed by atoms with Gasteiger partial charge in [-0.2, -0.15) is 0 Å². The van der Waals surface area contributed by atoms with E-state index in [0.29, 0.717) is 30.1 Å². The first-order chi connectivity index (χ1) is 14.6. The number of rotatable bonds is 5. The molecule has 0 spiro atoms. The average molecular weight is 429 g/mol. The average Bonchev–Trinajstić information content (AvgIpc) is 2.92. The molecule has 1 heterocycles. The lowest BCUT2D eigenvalue weighted by molar-refractivity contribution is -0.149. The summed E-state index contributed by atoms with van der Waals surface area (Å²) in [6.07, 6.45) is 10.9. The zero-order valence-electron chi connectivity index (χ0n) is 20.6. The molecule has 3 heteroatoms. The van der Waals surface area contributed by atoms with Gasteiger partial charge in [0.1, 0.15) is 6.10 Å². The van der Waals surface area contributed by atoms with Crippen molar-refractivity contribution >= 4 is 5.97 Å². The van der Waals surface area contributed by atoms with Gasteiger partial charge >= 0.3 is 5.97 Å². The van der Waals surface area contributed by atoms with E-state index in [2.05, 4.69) is 47.6 Å². The predicted molar refractivity (Wildman–Crippen MR) is 125 cm³/mol. The number of aliphatic hydroxyl groups excluding tert-OH is 1. The summed E-state index contributed by atoms with van der Waals surface area (Å²) in [5.74, 6) is 4.07. The highest BCUT2D eigenvalue weighted by molar-refractivity contribution is 5.73. The second-order valence-corrected chi connectivity index (χ2v) is 12.0. The Morgan fingerprint density at radius 2 is 1.94 bits per heavy atom. The number of ether oxygens (including phenoxy) is 1. The molecular weight excluding hydrogens is 384 g/mol. The summed E-state index contributed by atoms with van der Waals surface area (Å²) in [7, 11) is 0. The van der Waals surface area contributed by atoms with Crippen molar-refractivity contribution in [2.75, 3.05) is 0 Å². The number of carbonyl (C=O) groups excluding carboxylic acids is 1. The third-order valence-electron chi connectivity index (χ3n) is 10.1. The van der Waals surface area contributed by atoms with Crippen LogP contribution in [0.2, 0.25) is 0 Å². The Kier molecular flexibility index (Phi) is 6.47. The number of hydrogen-bond acceptors (Lipinski definition) is 3. The number of fused-ring (bicyclic) bond motifs is 4. The summed E-state index contributed by atoms with van der Waals surface area (Å²) in [5.41, 5.74) is 2.62. The molecule has 0 aromatic rings. The van der Waals surface area contributed by atoms with E-state index in [4.69, 9.17) is 4.74 Å². The first-order valence-corrected chi connectivity index (χ1v) is 12.9. The van der Waals surface area contributed by atoms with Crippen molar-refractivity contribution < 1.29 is 14.6 Å². The molecule has 0 amide bonds. The normalized spacial score (nSPS) is 41.9. The maximum absolute atomic E-state index is 12.1. The van der Waals surface area contributed by atoms with E-state index in [9.17, 15) is 9.90 Å². The second-order valence-electron chi connectivity index (χ2n) is 12.0. The first kappa shape index (κ1) is 23.1. The number of aliphatic hydroxyl groups is 1. The van der Waals surface area contributed by atoms with Crippen LogP contribution in [0.4, 0.5) is 0 Å². The minimum absolute atomic E-state index is 0.112. The smallest absolute Gasteiger partial charge is 0.310 e. The van der Waals surface area contributed by atoms with Crippen molar-refractivity contribution in [3.05, 3.63) is 23.3 Å². The molecule has 3 aliphatic carbocycles. The Bertz CT molecular complexity index is 749. The molecular formula is C28H44O3. The molecule has 31 heavy (non-hydrogen) atoms. The van der Waals surface area contributed by atoms with Crippen molar-refractivity contribution in [1.29, 1.82) is 0 Å². The SMILES string of the molecule is CC1=C2C=CCC(=O)O[C@@H]2C[C@@H]2C1C(O)C[C@]1(C)C(C(C)CCC(C)C(C)C)CCC21. The van der Waals surface area contributed by atoms with Crippen LogP contribution in [0.25, 0.3) is 0 Å². The first-order valence-electron chi connectivity index (χ1n) is 12.9. The molecule has 0 aromatic heterocycles. The highest BCUT2D eigenvalue weighted by Gasteiger charge is 2.59. The lowest BCUT2D eigenvalue weighted by Crippen LogP contribution is -2.52. The van der Waals surface area contributed by atoms with E-state index in [0.717, 1.165) is 30.3 Å². The fraction of sp³-hybridized carbons (Fsp3) is 0.821. The lowest BCUT2D eigenvalue weighted by Gasteiger charge is -2.54. The van der Waals surface area contributed by atoms with Crippen LogP contribution in [-0.4, -0.2) is 23.3 Å². The van der Waals surface area contributed by atoms with Crippen LogP contribution in [0.5, 0.6) is 0 Å². The van der Waals surface area contributed by atoms with Crippen molar-refractivity contribution in [3.8, 4) is 0 Å². The fourth-order valence-corrected chi connectivity index (χ4v) is 7.99. The van der Waals surface area contributed by atoms with Crippen LogP contribution in [0.1, 0.15) is 86.5 Å². The fourth-order valence-electron chi connectivity index (χ4n) is 7.99. The standard InChI is InChI=1S/C28H44O3/c1-16(2)17(3)10-11-18(4)22-12-13-23-21-14-25-20(8-7-9-26(30)31-25)19(5)27(21)24(29)15-28(22,23)6/h7-8,16-18,21-25,27,29H,9-15H2,1-6H3/t17?,18?,21-,22?,23?,24?,25+,27?,28+/m0/s1. The highest BCUT2D eigenvalue weighted by atomic mass is 16.5. The summed E-state index contributed by atoms with van der Waals surface area (Å²) in [5, 5.41) is 11.4. The molecule has 0 saturated heterocycles. The summed E-state index contributed by atoms with van der Waals surface area (Å²) < 4.78 is 5.87. The van der Waals surface area contributed by atoms with Gasteiger partial charge in [0.25, 0.3) is 0 Å². The summed E-state index contributed by atoms with van der Waals surface area (Å²) >= 11 is 0. The van der Waals surface area contributed by atoms with Crippen molar-refractivity contribution in [3.63, 3.8) is 0 Å². The zero-order valence-corrected chi connectivity index (χ0v) is 20.6. The Balaban J connectivity index is 1.56. The maximum atomic E-state index is 12.1. The van der Waals surface area contributed by atoms with E-state index >= 15 is 0 Å². The molecule has 3 nitrogen and oxygen atoms in total. The predicted octanol–water partition coefficient (Wildman–Crippen LogP) is 6.32. The highest BCUT2D eigenvalue weighted by Crippen LogP contribution is 2.64. The lowest BCUT2D eigenvalue weighted by atomic mass is 9.52. The Hall–Kier alpha value is -1.09. The van der Waals surface area contributed by atoms with Crippen LogP contribution < -0.4 is 0 Å². The van der Waals surface area contributed by atoms with Crippen LogP contribution in [0.15, 0.2) is 23.3 Å². The maximum Gasteiger partial charge on any atom is 0.310 e. The van der Waals surface area contributed by atoms with Gasteiger partial charge in [-0.3, -0.25) is 4.79 Å². The van der Waals surface area contributed by atoms with Gasteiger partial charge in [-0.25, -0.2) is 0 Å². The molecule has 4 aliphatic rings. The Labute approximate surface area is 189 Å². The zero-order chi connectivity index (χ0) is 22.5. The summed E-state index contributed by atoms with van der Waals surface area (Å²) in [6, 6.07) is 0. The van der Waals surface area contributed by atoms with Crippen molar-refractivity contribution in [2.45, 2.75) is 98.7 Å². The van der Waals surface area contributed by atoms with Crippen LogP contribution in [0.3, 0.4) is 0 Å². The Morgan fingerprint density at radius 1 is 1.19 bits per heavy atom. The number of hydrogen-bond donors (Lipinski definition) is 1. The van der Waals surface area contributed by atoms with Gasteiger partial charge < -0.3 is 9.84 Å². The van der Waals surface area contributed by atoms with Gasteiger partial charge in [-0.05, 0) is 79.1 Å². The van der Waals surface area contributed by atoms with Crippen LogP contribution in [0, 0.1) is 46.8 Å². The van der Waals surface area contributed by atoms with E-state index < -0.39 is 0 Å². The molecule has 0 bridgehead atoms. The van der Waals surface area contributed by atoms with Gasteiger partial charge in [0.15, 0.2) is 0 Å². The van der Waals surface area contributed by atoms with Crippen LogP contribution in [-0.2, 0) is 9.53 Å². The third kappa shape index (κ3) is 4.05. The molecule has 1 N–H and O–H groups in total. The molecule has 4 rings (SSSR count). The number of carbonyl (C=O) groups is 1. The topological polar surface area (TPSA) is 46.5 Å². The monoisotopic (exact) mass is 428 g/mol. The molecule has 1 aliphatic heterocycles.